The Bertz CT molecular complexity index is 1670. The molecule has 6 nitrogen and oxygen atoms in total. The van der Waals surface area contributed by atoms with Crippen LogP contribution < -0.4 is 10.9 Å². The molecule has 1 heterocycles. The molecule has 1 N–H and O–H groups in total. The van der Waals surface area contributed by atoms with Crippen molar-refractivity contribution in [3.63, 3.8) is 0 Å². The molecule has 38 heavy (non-hydrogen) atoms. The van der Waals surface area contributed by atoms with Crippen LogP contribution in [0.2, 0.25) is 0 Å². The highest BCUT2D eigenvalue weighted by molar-refractivity contribution is 5.90. The lowest BCUT2D eigenvalue weighted by atomic mass is 10.1. The Morgan fingerprint density at radius 1 is 0.947 bits per heavy atom. The van der Waals surface area contributed by atoms with Gasteiger partial charge in [-0.25, -0.2) is 9.78 Å². The number of para-hydroxylation sites is 2. The summed E-state index contributed by atoms with van der Waals surface area (Å²) in [7, 11) is 0. The topological polar surface area (TPSA) is 67.2 Å². The number of aromatic nitrogens is 2. The van der Waals surface area contributed by atoms with E-state index in [0.717, 1.165) is 40.6 Å². The van der Waals surface area contributed by atoms with Crippen LogP contribution in [-0.2, 0) is 0 Å². The van der Waals surface area contributed by atoms with Gasteiger partial charge in [-0.1, -0.05) is 74.0 Å². The summed E-state index contributed by atoms with van der Waals surface area (Å²) >= 11 is 0. The first-order chi connectivity index (χ1) is 18.5. The molecule has 2 amide bonds. The van der Waals surface area contributed by atoms with Gasteiger partial charge in [0.1, 0.15) is 5.82 Å². The van der Waals surface area contributed by atoms with Crippen LogP contribution >= 0.6 is 0 Å². The number of unbranched alkanes of at least 4 members (excludes halogenated alkanes) is 1. The lowest BCUT2D eigenvalue weighted by Crippen LogP contribution is -2.40. The number of nitrogens with zero attached hydrogens (tertiary/aromatic N) is 3. The molecule has 6 heteroatoms. The van der Waals surface area contributed by atoms with Crippen molar-refractivity contribution in [2.45, 2.75) is 39.7 Å². The second kappa shape index (κ2) is 10.9. The van der Waals surface area contributed by atoms with E-state index in [4.69, 9.17) is 4.98 Å². The fourth-order valence-electron chi connectivity index (χ4n) is 4.83. The molecule has 5 aromatic rings. The normalized spacial score (nSPS) is 12.0. The van der Waals surface area contributed by atoms with Crippen molar-refractivity contribution in [1.82, 2.24) is 14.5 Å². The molecule has 0 saturated carbocycles. The Hall–Kier alpha value is -4.45. The van der Waals surface area contributed by atoms with Crippen LogP contribution in [0.1, 0.15) is 44.1 Å². The van der Waals surface area contributed by atoms with Crippen LogP contribution in [0.5, 0.6) is 0 Å². The van der Waals surface area contributed by atoms with Crippen LogP contribution in [-0.4, -0.2) is 27.0 Å². The molecule has 0 fully saturated rings. The van der Waals surface area contributed by atoms with Crippen LogP contribution in [0.15, 0.2) is 95.8 Å². The van der Waals surface area contributed by atoms with E-state index in [0.29, 0.717) is 23.3 Å². The standard InChI is InChI=1S/C32H32N4O2/c1-4-5-20-35(32(38)34-28-16-10-6-12-22(28)2)23(3)30-33-29-17-11-9-15-27(29)31(37)36(30)26-19-18-24-13-7-8-14-25(24)21-26/h6-19,21,23H,4-5,20H2,1-3H3,(H,34,38). The van der Waals surface area contributed by atoms with Crippen molar-refractivity contribution in [3.8, 4) is 5.69 Å². The number of benzene rings is 4. The van der Waals surface area contributed by atoms with Crippen molar-refractivity contribution < 1.29 is 4.79 Å². The number of urea groups is 1. The number of rotatable bonds is 7. The quantitative estimate of drug-likeness (QED) is 0.254. The summed E-state index contributed by atoms with van der Waals surface area (Å²) in [6.07, 6.45) is 1.77. The van der Waals surface area contributed by atoms with Gasteiger partial charge in [-0.2, -0.15) is 0 Å². The van der Waals surface area contributed by atoms with Crippen molar-refractivity contribution in [1.29, 1.82) is 0 Å². The maximum absolute atomic E-state index is 13.9. The van der Waals surface area contributed by atoms with E-state index in [2.05, 4.69) is 12.2 Å². The van der Waals surface area contributed by atoms with Gasteiger partial charge in [-0.15, -0.1) is 0 Å². The van der Waals surface area contributed by atoms with Crippen LogP contribution in [0.3, 0.4) is 0 Å². The molecule has 5 rings (SSSR count). The number of fused-ring (bicyclic) bond motifs is 2. The van der Waals surface area contributed by atoms with Gasteiger partial charge in [0.05, 0.1) is 22.6 Å². The lowest BCUT2D eigenvalue weighted by Gasteiger charge is -2.31. The summed E-state index contributed by atoms with van der Waals surface area (Å²) in [5.41, 5.74) is 2.95. The number of carbonyl (C=O) groups excluding carboxylic acids is 1. The Kier molecular flexibility index (Phi) is 7.22. The Labute approximate surface area is 222 Å². The van der Waals surface area contributed by atoms with Crippen LogP contribution in [0.25, 0.3) is 27.4 Å². The number of amides is 2. The lowest BCUT2D eigenvalue weighted by molar-refractivity contribution is 0.188. The highest BCUT2D eigenvalue weighted by Gasteiger charge is 2.27. The second-order valence-electron chi connectivity index (χ2n) is 9.63. The van der Waals surface area contributed by atoms with E-state index in [-0.39, 0.29) is 11.6 Å². The zero-order chi connectivity index (χ0) is 26.6. The van der Waals surface area contributed by atoms with E-state index in [1.54, 1.807) is 15.5 Å². The van der Waals surface area contributed by atoms with Crippen LogP contribution in [0, 0.1) is 6.92 Å². The molecule has 192 valence electrons. The van der Waals surface area contributed by atoms with Gasteiger partial charge in [0.15, 0.2) is 0 Å². The third kappa shape index (κ3) is 4.90. The smallest absolute Gasteiger partial charge is 0.315 e. The molecule has 0 aliphatic carbocycles. The number of nitrogens with one attached hydrogen (secondary N) is 1. The fraction of sp³-hybridized carbons (Fsp3) is 0.219. The summed E-state index contributed by atoms with van der Waals surface area (Å²) in [6.45, 7) is 6.55. The molecule has 0 saturated heterocycles. The van der Waals surface area contributed by atoms with Gasteiger partial charge in [0.25, 0.3) is 5.56 Å². The summed E-state index contributed by atoms with van der Waals surface area (Å²) in [5, 5.41) is 5.74. The average Bonchev–Trinajstić information content (AvgIpc) is 2.94. The minimum atomic E-state index is -0.464. The molecular formula is C32H32N4O2. The van der Waals surface area contributed by atoms with Crippen LogP contribution in [0.4, 0.5) is 10.5 Å². The second-order valence-corrected chi connectivity index (χ2v) is 9.63. The highest BCUT2D eigenvalue weighted by Crippen LogP contribution is 2.26. The average molecular weight is 505 g/mol. The highest BCUT2D eigenvalue weighted by atomic mass is 16.2. The Balaban J connectivity index is 1.65. The Morgan fingerprint density at radius 2 is 1.66 bits per heavy atom. The van der Waals surface area contributed by atoms with Gasteiger partial charge in [-0.3, -0.25) is 9.36 Å². The zero-order valence-corrected chi connectivity index (χ0v) is 22.0. The predicted octanol–water partition coefficient (Wildman–Crippen LogP) is 7.24. The Morgan fingerprint density at radius 3 is 2.45 bits per heavy atom. The number of hydrogen-bond acceptors (Lipinski definition) is 3. The van der Waals surface area contributed by atoms with E-state index in [1.807, 2.05) is 98.8 Å². The first-order valence-electron chi connectivity index (χ1n) is 13.1. The number of anilines is 1. The van der Waals surface area contributed by atoms with E-state index < -0.39 is 6.04 Å². The summed E-state index contributed by atoms with van der Waals surface area (Å²) in [6, 6.07) is 28.5. The van der Waals surface area contributed by atoms with Gasteiger partial charge in [0, 0.05) is 12.2 Å². The maximum Gasteiger partial charge on any atom is 0.322 e. The predicted molar refractivity (Wildman–Crippen MR) is 155 cm³/mol. The van der Waals surface area contributed by atoms with E-state index >= 15 is 0 Å². The number of aryl methyl sites for hydroxylation is 1. The third-order valence-electron chi connectivity index (χ3n) is 7.03. The molecule has 0 bridgehead atoms. The van der Waals surface area contributed by atoms with Gasteiger partial charge in [-0.05, 0) is 66.9 Å². The molecule has 1 atom stereocenters. The van der Waals surface area contributed by atoms with Crippen molar-refractivity contribution >= 4 is 33.4 Å². The number of carbonyl (C=O) groups is 1. The molecule has 0 spiro atoms. The maximum atomic E-state index is 13.9. The van der Waals surface area contributed by atoms with E-state index in [9.17, 15) is 9.59 Å². The minimum absolute atomic E-state index is 0.150. The monoisotopic (exact) mass is 504 g/mol. The third-order valence-corrected chi connectivity index (χ3v) is 7.03. The zero-order valence-electron chi connectivity index (χ0n) is 22.0. The first kappa shape index (κ1) is 25.2. The van der Waals surface area contributed by atoms with E-state index in [1.165, 1.54) is 0 Å². The SMILES string of the molecule is CCCCN(C(=O)Nc1ccccc1C)C(C)c1nc2ccccc2c(=O)n1-c1ccc2ccccc2c1. The minimum Gasteiger partial charge on any atom is -0.315 e. The molecule has 1 aromatic heterocycles. The molecule has 1 unspecified atom stereocenters. The molecular weight excluding hydrogens is 472 g/mol. The van der Waals surface area contributed by atoms with Gasteiger partial charge >= 0.3 is 6.03 Å². The summed E-state index contributed by atoms with van der Waals surface area (Å²) in [5.74, 6) is 0.528. The number of hydrogen-bond donors (Lipinski definition) is 1. The molecule has 0 aliphatic heterocycles. The summed E-state index contributed by atoms with van der Waals surface area (Å²) in [4.78, 5) is 34.3. The fourth-order valence-corrected chi connectivity index (χ4v) is 4.83. The largest absolute Gasteiger partial charge is 0.322 e. The molecule has 0 aliphatic rings. The van der Waals surface area contributed by atoms with Crippen molar-refractivity contribution in [3.05, 3.63) is 113 Å². The van der Waals surface area contributed by atoms with Crippen molar-refractivity contribution in [2.24, 2.45) is 0 Å². The van der Waals surface area contributed by atoms with Gasteiger partial charge < -0.3 is 10.2 Å². The molecule has 0 radical (unpaired) electrons. The first-order valence-corrected chi connectivity index (χ1v) is 13.1. The van der Waals surface area contributed by atoms with Gasteiger partial charge in [0.2, 0.25) is 0 Å². The van der Waals surface area contributed by atoms with Crippen molar-refractivity contribution in [2.75, 3.05) is 11.9 Å². The molecule has 4 aromatic carbocycles. The summed E-state index contributed by atoms with van der Waals surface area (Å²) < 4.78 is 1.67.